The van der Waals surface area contributed by atoms with Crippen LogP contribution in [0.25, 0.3) is 0 Å². The number of rotatable bonds is 5. The van der Waals surface area contributed by atoms with E-state index in [0.29, 0.717) is 12.0 Å². The average molecular weight is 264 g/mol. The van der Waals surface area contributed by atoms with Crippen LogP contribution >= 0.6 is 11.3 Å². The van der Waals surface area contributed by atoms with Gasteiger partial charge in [0.2, 0.25) is 5.91 Å². The zero-order valence-electron chi connectivity index (χ0n) is 10.8. The Labute approximate surface area is 112 Å². The highest BCUT2D eigenvalue weighted by molar-refractivity contribution is 7.10. The predicted molar refractivity (Wildman–Crippen MR) is 73.4 cm³/mol. The second kappa shape index (κ2) is 4.67. The molecular weight excluding hydrogens is 244 g/mol. The first-order valence-electron chi connectivity index (χ1n) is 6.80. The molecule has 3 rings (SSSR count). The van der Waals surface area contributed by atoms with E-state index in [2.05, 4.69) is 34.7 Å². The van der Waals surface area contributed by atoms with Crippen LogP contribution in [0.2, 0.25) is 0 Å². The molecule has 1 aliphatic carbocycles. The third kappa shape index (κ3) is 2.19. The van der Waals surface area contributed by atoms with E-state index >= 15 is 0 Å². The Hall–Kier alpha value is -0.870. The molecule has 1 saturated carbocycles. The summed E-state index contributed by atoms with van der Waals surface area (Å²) in [5.41, 5.74) is 0.436. The predicted octanol–water partition coefficient (Wildman–Crippen LogP) is 2.76. The number of nitrogens with one attached hydrogen (secondary N) is 1. The molecular formula is C14H20N2OS. The number of hydrogen-bond donors (Lipinski definition) is 1. The van der Waals surface area contributed by atoms with Crippen LogP contribution in [0.4, 0.5) is 0 Å². The first-order chi connectivity index (χ1) is 8.74. The minimum Gasteiger partial charge on any atom is -0.320 e. The molecule has 3 nitrogen and oxygen atoms in total. The van der Waals surface area contributed by atoms with Gasteiger partial charge in [-0.3, -0.25) is 10.1 Å². The highest BCUT2D eigenvalue weighted by Gasteiger charge is 2.46. The summed E-state index contributed by atoms with van der Waals surface area (Å²) in [6, 6.07) is 4.18. The second-order valence-electron chi connectivity index (χ2n) is 5.57. The van der Waals surface area contributed by atoms with E-state index in [4.69, 9.17) is 0 Å². The molecule has 1 atom stereocenters. The molecule has 2 aliphatic rings. The van der Waals surface area contributed by atoms with Crippen molar-refractivity contribution < 1.29 is 4.79 Å². The third-order valence-electron chi connectivity index (χ3n) is 4.13. The number of nitrogens with zero attached hydrogens (tertiary/aromatic N) is 1. The lowest BCUT2D eigenvalue weighted by molar-refractivity contribution is -0.128. The lowest BCUT2D eigenvalue weighted by Gasteiger charge is -2.28. The Balaban J connectivity index is 1.74. The first kappa shape index (κ1) is 12.2. The van der Waals surface area contributed by atoms with E-state index in [1.807, 2.05) is 0 Å². The summed E-state index contributed by atoms with van der Waals surface area (Å²) < 4.78 is 0. The summed E-state index contributed by atoms with van der Waals surface area (Å²) in [5, 5.41) is 5.42. The molecule has 1 aliphatic heterocycles. The van der Waals surface area contributed by atoms with Crippen LogP contribution in [0, 0.1) is 5.41 Å². The van der Waals surface area contributed by atoms with Crippen molar-refractivity contribution in [2.45, 2.75) is 38.8 Å². The molecule has 1 N–H and O–H groups in total. The maximum atomic E-state index is 12.1. The van der Waals surface area contributed by atoms with Crippen LogP contribution in [0.5, 0.6) is 0 Å². The van der Waals surface area contributed by atoms with Crippen molar-refractivity contribution in [3.63, 3.8) is 0 Å². The van der Waals surface area contributed by atoms with Gasteiger partial charge in [0.15, 0.2) is 0 Å². The van der Waals surface area contributed by atoms with Gasteiger partial charge in [0.25, 0.3) is 0 Å². The van der Waals surface area contributed by atoms with E-state index < -0.39 is 0 Å². The highest BCUT2D eigenvalue weighted by atomic mass is 32.1. The molecule has 2 fully saturated rings. The normalized spacial score (nSPS) is 25.7. The molecule has 1 aromatic heterocycles. The summed E-state index contributed by atoms with van der Waals surface area (Å²) in [6.45, 7) is 3.67. The van der Waals surface area contributed by atoms with Gasteiger partial charge in [-0.15, -0.1) is 11.3 Å². The van der Waals surface area contributed by atoms with Crippen molar-refractivity contribution in [3.8, 4) is 0 Å². The Morgan fingerprint density at radius 2 is 2.39 bits per heavy atom. The Kier molecular flexibility index (Phi) is 3.16. The van der Waals surface area contributed by atoms with Crippen molar-refractivity contribution >= 4 is 17.2 Å². The summed E-state index contributed by atoms with van der Waals surface area (Å²) in [5.74, 6) is 0.260. The van der Waals surface area contributed by atoms with Crippen molar-refractivity contribution in [1.29, 1.82) is 0 Å². The fourth-order valence-corrected chi connectivity index (χ4v) is 3.79. The largest absolute Gasteiger partial charge is 0.320 e. The van der Waals surface area contributed by atoms with E-state index in [1.165, 1.54) is 30.6 Å². The van der Waals surface area contributed by atoms with Gasteiger partial charge in [0, 0.05) is 11.4 Å². The van der Waals surface area contributed by atoms with Crippen LogP contribution in [-0.4, -0.2) is 23.9 Å². The van der Waals surface area contributed by atoms with Gasteiger partial charge in [0.05, 0.1) is 6.54 Å². The van der Waals surface area contributed by atoms with Crippen LogP contribution in [0.3, 0.4) is 0 Å². The number of amides is 1. The van der Waals surface area contributed by atoms with Gasteiger partial charge in [-0.25, -0.2) is 0 Å². The standard InChI is InChI=1S/C14H20N2OS/c1-2-5-14(6-7-14)10-16-12(17)9-15-13(16)11-4-3-8-18-11/h3-4,8,13,15H,2,5-7,9-10H2,1H3. The lowest BCUT2D eigenvalue weighted by Crippen LogP contribution is -2.35. The molecule has 0 aromatic carbocycles. The van der Waals surface area contributed by atoms with Crippen molar-refractivity contribution in [3.05, 3.63) is 22.4 Å². The SMILES string of the molecule is CCCC1(CN2C(=O)CNC2c2cccs2)CC1. The quantitative estimate of drug-likeness (QED) is 0.887. The summed E-state index contributed by atoms with van der Waals surface area (Å²) in [4.78, 5) is 15.4. The fourth-order valence-electron chi connectivity index (χ4n) is 2.98. The number of carbonyl (C=O) groups excluding carboxylic acids is 1. The first-order valence-corrected chi connectivity index (χ1v) is 7.68. The lowest BCUT2D eigenvalue weighted by atomic mass is 10.00. The topological polar surface area (TPSA) is 32.3 Å². The summed E-state index contributed by atoms with van der Waals surface area (Å²) in [6.07, 6.45) is 5.18. The molecule has 1 amide bonds. The van der Waals surface area contributed by atoms with Crippen molar-refractivity contribution in [1.82, 2.24) is 10.2 Å². The van der Waals surface area contributed by atoms with Crippen LogP contribution in [-0.2, 0) is 4.79 Å². The van der Waals surface area contributed by atoms with Gasteiger partial charge in [-0.1, -0.05) is 19.4 Å². The maximum absolute atomic E-state index is 12.1. The van der Waals surface area contributed by atoms with E-state index in [0.717, 1.165) is 6.54 Å². The smallest absolute Gasteiger partial charge is 0.238 e. The third-order valence-corrected chi connectivity index (χ3v) is 5.06. The monoisotopic (exact) mass is 264 g/mol. The van der Waals surface area contributed by atoms with Gasteiger partial charge >= 0.3 is 0 Å². The molecule has 2 heterocycles. The van der Waals surface area contributed by atoms with E-state index in [1.54, 1.807) is 11.3 Å². The number of hydrogen-bond acceptors (Lipinski definition) is 3. The Morgan fingerprint density at radius 1 is 1.56 bits per heavy atom. The molecule has 1 aromatic rings. The van der Waals surface area contributed by atoms with E-state index in [9.17, 15) is 4.79 Å². The fraction of sp³-hybridized carbons (Fsp3) is 0.643. The number of thiophene rings is 1. The molecule has 1 unspecified atom stereocenters. The summed E-state index contributed by atoms with van der Waals surface area (Å²) in [7, 11) is 0. The molecule has 1 saturated heterocycles. The molecule has 4 heteroatoms. The molecule has 0 bridgehead atoms. The highest BCUT2D eigenvalue weighted by Crippen LogP contribution is 2.51. The summed E-state index contributed by atoms with van der Waals surface area (Å²) >= 11 is 1.73. The van der Waals surface area contributed by atoms with Crippen molar-refractivity contribution in [2.75, 3.05) is 13.1 Å². The Morgan fingerprint density at radius 3 is 3.00 bits per heavy atom. The average Bonchev–Trinajstić information content (AvgIpc) is 2.77. The minimum absolute atomic E-state index is 0.117. The van der Waals surface area contributed by atoms with Crippen LogP contribution in [0.15, 0.2) is 17.5 Å². The van der Waals surface area contributed by atoms with Crippen LogP contribution < -0.4 is 5.32 Å². The van der Waals surface area contributed by atoms with Gasteiger partial charge in [-0.2, -0.15) is 0 Å². The Bertz CT molecular complexity index is 425. The van der Waals surface area contributed by atoms with E-state index in [-0.39, 0.29) is 12.1 Å². The van der Waals surface area contributed by atoms with Crippen molar-refractivity contribution in [2.24, 2.45) is 5.41 Å². The molecule has 18 heavy (non-hydrogen) atoms. The van der Waals surface area contributed by atoms with Gasteiger partial charge < -0.3 is 4.90 Å². The maximum Gasteiger partial charge on any atom is 0.238 e. The van der Waals surface area contributed by atoms with Crippen LogP contribution in [0.1, 0.15) is 43.6 Å². The second-order valence-corrected chi connectivity index (χ2v) is 6.55. The molecule has 0 spiro atoms. The minimum atomic E-state index is 0.117. The van der Waals surface area contributed by atoms with Gasteiger partial charge in [-0.05, 0) is 36.1 Å². The zero-order chi connectivity index (χ0) is 12.6. The zero-order valence-corrected chi connectivity index (χ0v) is 11.6. The van der Waals surface area contributed by atoms with Gasteiger partial charge in [0.1, 0.15) is 6.17 Å². The molecule has 98 valence electrons. The molecule has 0 radical (unpaired) electrons. The number of carbonyl (C=O) groups is 1.